The molecule has 4 rings (SSSR count). The summed E-state index contributed by atoms with van der Waals surface area (Å²) in [6.45, 7) is 5.04. The SMILES string of the molecule is Cc1ccc(CN(C)C(=O)C2CCN(Cc3nc(-c4cccc(Br)c4)no3)CC2)cc1. The molecule has 3 aromatic rings. The quantitative estimate of drug-likeness (QED) is 0.510. The molecule has 0 N–H and O–H groups in total. The van der Waals surface area contributed by atoms with E-state index in [0.717, 1.165) is 41.5 Å². The Morgan fingerprint density at radius 2 is 1.94 bits per heavy atom. The van der Waals surface area contributed by atoms with Crippen molar-refractivity contribution in [3.63, 3.8) is 0 Å². The van der Waals surface area contributed by atoms with Crippen LogP contribution in [0.5, 0.6) is 0 Å². The van der Waals surface area contributed by atoms with E-state index in [1.165, 1.54) is 5.56 Å². The molecule has 0 aliphatic carbocycles. The highest BCUT2D eigenvalue weighted by Gasteiger charge is 2.28. The van der Waals surface area contributed by atoms with Crippen LogP contribution in [0, 0.1) is 12.8 Å². The van der Waals surface area contributed by atoms with Crippen molar-refractivity contribution in [3.8, 4) is 11.4 Å². The predicted octanol–water partition coefficient (Wildman–Crippen LogP) is 4.68. The number of halogens is 1. The summed E-state index contributed by atoms with van der Waals surface area (Å²) in [5.41, 5.74) is 3.32. The third kappa shape index (κ3) is 5.60. The van der Waals surface area contributed by atoms with E-state index < -0.39 is 0 Å². The Labute approximate surface area is 191 Å². The zero-order valence-corrected chi connectivity index (χ0v) is 19.5. The summed E-state index contributed by atoms with van der Waals surface area (Å²) in [6.07, 6.45) is 1.70. The number of benzene rings is 2. The second-order valence-electron chi connectivity index (χ2n) is 8.25. The predicted molar refractivity (Wildman–Crippen MR) is 123 cm³/mol. The van der Waals surface area contributed by atoms with E-state index in [0.29, 0.717) is 24.8 Å². The van der Waals surface area contributed by atoms with Gasteiger partial charge in [0.15, 0.2) is 0 Å². The van der Waals surface area contributed by atoms with Crippen LogP contribution in [-0.2, 0) is 17.9 Å². The van der Waals surface area contributed by atoms with Crippen LogP contribution in [0.15, 0.2) is 57.5 Å². The van der Waals surface area contributed by atoms with E-state index in [4.69, 9.17) is 4.52 Å². The zero-order chi connectivity index (χ0) is 21.8. The second-order valence-corrected chi connectivity index (χ2v) is 9.17. The summed E-state index contributed by atoms with van der Waals surface area (Å²) in [6, 6.07) is 16.2. The van der Waals surface area contributed by atoms with Crippen LogP contribution in [0.1, 0.15) is 29.9 Å². The van der Waals surface area contributed by atoms with Gasteiger partial charge in [-0.1, -0.05) is 63.0 Å². The number of rotatable bonds is 6. The van der Waals surface area contributed by atoms with E-state index in [9.17, 15) is 4.79 Å². The van der Waals surface area contributed by atoms with Gasteiger partial charge in [0.2, 0.25) is 17.6 Å². The first-order valence-corrected chi connectivity index (χ1v) is 11.4. The Bertz CT molecular complexity index is 1030. The number of aryl methyl sites for hydroxylation is 1. The van der Waals surface area contributed by atoms with E-state index in [-0.39, 0.29) is 11.8 Å². The topological polar surface area (TPSA) is 62.5 Å². The maximum atomic E-state index is 12.9. The second kappa shape index (κ2) is 9.75. The molecule has 6 nitrogen and oxygen atoms in total. The number of hydrogen-bond acceptors (Lipinski definition) is 5. The fraction of sp³-hybridized carbons (Fsp3) is 0.375. The third-order valence-corrected chi connectivity index (χ3v) is 6.26. The first-order chi connectivity index (χ1) is 15.0. The highest BCUT2D eigenvalue weighted by atomic mass is 79.9. The Balaban J connectivity index is 1.27. The summed E-state index contributed by atoms with van der Waals surface area (Å²) in [7, 11) is 1.90. The molecule has 7 heteroatoms. The molecule has 1 aliphatic rings. The van der Waals surface area contributed by atoms with E-state index in [2.05, 4.69) is 62.2 Å². The Morgan fingerprint density at radius 3 is 2.65 bits per heavy atom. The molecule has 0 unspecified atom stereocenters. The summed E-state index contributed by atoms with van der Waals surface area (Å²) >= 11 is 3.47. The Morgan fingerprint density at radius 1 is 1.19 bits per heavy atom. The van der Waals surface area contributed by atoms with E-state index in [1.807, 2.05) is 36.2 Å². The van der Waals surface area contributed by atoms with E-state index in [1.54, 1.807) is 0 Å². The molecule has 0 bridgehead atoms. The number of aromatic nitrogens is 2. The van der Waals surface area contributed by atoms with Crippen LogP contribution < -0.4 is 0 Å². The van der Waals surface area contributed by atoms with E-state index >= 15 is 0 Å². The fourth-order valence-corrected chi connectivity index (χ4v) is 4.35. The molecule has 1 aromatic heterocycles. The average Bonchev–Trinajstić information content (AvgIpc) is 3.24. The first kappa shape index (κ1) is 21.7. The van der Waals surface area contributed by atoms with Crippen molar-refractivity contribution in [2.24, 2.45) is 5.92 Å². The molecular formula is C24H27BrN4O2. The van der Waals surface area contributed by atoms with Crippen molar-refractivity contribution in [2.45, 2.75) is 32.9 Å². The molecule has 1 amide bonds. The van der Waals surface area contributed by atoms with Crippen molar-refractivity contribution < 1.29 is 9.32 Å². The van der Waals surface area contributed by atoms with Crippen molar-refractivity contribution >= 4 is 21.8 Å². The monoisotopic (exact) mass is 482 g/mol. The number of nitrogens with zero attached hydrogens (tertiary/aromatic N) is 4. The van der Waals surface area contributed by atoms with Gasteiger partial charge in [-0.05, 0) is 50.6 Å². The van der Waals surface area contributed by atoms with Crippen LogP contribution in [0.3, 0.4) is 0 Å². The Kier molecular flexibility index (Phi) is 6.83. The van der Waals surface area contributed by atoms with Gasteiger partial charge in [-0.15, -0.1) is 0 Å². The maximum Gasteiger partial charge on any atom is 0.241 e. The minimum Gasteiger partial charge on any atom is -0.341 e. The molecule has 31 heavy (non-hydrogen) atoms. The molecule has 0 saturated carbocycles. The van der Waals surface area contributed by atoms with Gasteiger partial charge in [0.1, 0.15) is 0 Å². The van der Waals surface area contributed by atoms with Gasteiger partial charge in [0.05, 0.1) is 6.54 Å². The minimum absolute atomic E-state index is 0.0756. The largest absolute Gasteiger partial charge is 0.341 e. The average molecular weight is 483 g/mol. The molecular weight excluding hydrogens is 456 g/mol. The number of amides is 1. The van der Waals surface area contributed by atoms with Gasteiger partial charge in [-0.3, -0.25) is 9.69 Å². The number of likely N-dealkylation sites (tertiary alicyclic amines) is 1. The molecule has 2 heterocycles. The number of piperidine rings is 1. The molecule has 162 valence electrons. The van der Waals surface area contributed by atoms with Crippen molar-refractivity contribution in [1.29, 1.82) is 0 Å². The summed E-state index contributed by atoms with van der Waals surface area (Å²) in [5.74, 6) is 1.51. The molecule has 0 radical (unpaired) electrons. The minimum atomic E-state index is 0.0756. The smallest absolute Gasteiger partial charge is 0.241 e. The molecule has 0 spiro atoms. The van der Waals surface area contributed by atoms with Gasteiger partial charge in [0, 0.05) is 29.5 Å². The highest BCUT2D eigenvalue weighted by Crippen LogP contribution is 2.23. The number of hydrogen-bond donors (Lipinski definition) is 0. The van der Waals surface area contributed by atoms with Crippen LogP contribution >= 0.6 is 15.9 Å². The normalized spacial score (nSPS) is 15.2. The maximum absolute atomic E-state index is 12.9. The number of carbonyl (C=O) groups is 1. The lowest BCUT2D eigenvalue weighted by Crippen LogP contribution is -2.40. The van der Waals surface area contributed by atoms with Crippen LogP contribution in [0.25, 0.3) is 11.4 Å². The summed E-state index contributed by atoms with van der Waals surface area (Å²) < 4.78 is 6.44. The lowest BCUT2D eigenvalue weighted by Gasteiger charge is -2.32. The van der Waals surface area contributed by atoms with Gasteiger partial charge in [-0.2, -0.15) is 4.98 Å². The van der Waals surface area contributed by atoms with Gasteiger partial charge in [0.25, 0.3) is 0 Å². The fourth-order valence-electron chi connectivity index (χ4n) is 3.95. The number of carbonyl (C=O) groups excluding carboxylic acids is 1. The summed E-state index contributed by atoms with van der Waals surface area (Å²) in [5, 5.41) is 4.11. The van der Waals surface area contributed by atoms with Crippen LogP contribution in [0.4, 0.5) is 0 Å². The third-order valence-electron chi connectivity index (χ3n) is 5.76. The van der Waals surface area contributed by atoms with Crippen LogP contribution in [0.2, 0.25) is 0 Å². The van der Waals surface area contributed by atoms with Gasteiger partial charge in [-0.25, -0.2) is 0 Å². The molecule has 1 aliphatic heterocycles. The van der Waals surface area contributed by atoms with Crippen molar-refractivity contribution in [1.82, 2.24) is 19.9 Å². The van der Waals surface area contributed by atoms with Crippen LogP contribution in [-0.4, -0.2) is 46.0 Å². The highest BCUT2D eigenvalue weighted by molar-refractivity contribution is 9.10. The first-order valence-electron chi connectivity index (χ1n) is 10.6. The lowest BCUT2D eigenvalue weighted by molar-refractivity contribution is -0.136. The Hall–Kier alpha value is -2.51. The molecule has 1 saturated heterocycles. The standard InChI is InChI=1S/C24H27BrN4O2/c1-17-6-8-18(9-7-17)15-28(2)24(30)19-10-12-29(13-11-19)16-22-26-23(27-31-22)20-4-3-5-21(25)14-20/h3-9,14,19H,10-13,15-16H2,1-2H3. The summed E-state index contributed by atoms with van der Waals surface area (Å²) in [4.78, 5) is 21.6. The zero-order valence-electron chi connectivity index (χ0n) is 17.9. The van der Waals surface area contributed by atoms with Crippen molar-refractivity contribution in [2.75, 3.05) is 20.1 Å². The molecule has 1 fully saturated rings. The lowest BCUT2D eigenvalue weighted by atomic mass is 9.95. The molecule has 2 aromatic carbocycles. The molecule has 0 atom stereocenters. The van der Waals surface area contributed by atoms with Gasteiger partial charge < -0.3 is 9.42 Å². The van der Waals surface area contributed by atoms with Crippen molar-refractivity contribution in [3.05, 3.63) is 70.0 Å². The van der Waals surface area contributed by atoms with Gasteiger partial charge >= 0.3 is 0 Å².